The molecule has 10 nitrogen and oxygen atoms in total. The normalized spacial score (nSPS) is 20.7. The Hall–Kier alpha value is -2.33. The summed E-state index contributed by atoms with van der Waals surface area (Å²) in [7, 11) is 1.57. The number of hydrogen-bond acceptors (Lipinski definition) is 8. The molecule has 1 fully saturated rings. The zero-order valence-corrected chi connectivity index (χ0v) is 14.8. The summed E-state index contributed by atoms with van der Waals surface area (Å²) >= 11 is 0. The molecule has 142 valence electrons. The maximum Gasteiger partial charge on any atom is 0.270 e. The van der Waals surface area contributed by atoms with Gasteiger partial charge in [0.15, 0.2) is 5.82 Å². The van der Waals surface area contributed by atoms with Crippen LogP contribution in [0.2, 0.25) is 0 Å². The number of carbonyl (C=O) groups excluding carboxylic acids is 2. The van der Waals surface area contributed by atoms with Crippen molar-refractivity contribution in [3.63, 3.8) is 0 Å². The van der Waals surface area contributed by atoms with Gasteiger partial charge >= 0.3 is 0 Å². The lowest BCUT2D eigenvalue weighted by atomic mass is 10.1. The van der Waals surface area contributed by atoms with E-state index in [1.54, 1.807) is 12.0 Å². The van der Waals surface area contributed by atoms with Crippen molar-refractivity contribution in [3.8, 4) is 0 Å². The van der Waals surface area contributed by atoms with Gasteiger partial charge in [-0.1, -0.05) is 5.16 Å². The van der Waals surface area contributed by atoms with Gasteiger partial charge in [0, 0.05) is 39.5 Å². The predicted molar refractivity (Wildman–Crippen MR) is 89.1 cm³/mol. The van der Waals surface area contributed by atoms with Gasteiger partial charge in [-0.25, -0.2) is 5.43 Å². The molecule has 0 saturated carbocycles. The van der Waals surface area contributed by atoms with Crippen LogP contribution in [0.1, 0.15) is 37.4 Å². The lowest BCUT2D eigenvalue weighted by Crippen LogP contribution is -2.47. The minimum Gasteiger partial charge on any atom is -0.376 e. The van der Waals surface area contributed by atoms with Crippen molar-refractivity contribution in [3.05, 3.63) is 11.7 Å². The van der Waals surface area contributed by atoms with Gasteiger partial charge in [-0.05, 0) is 12.8 Å². The third-order valence-corrected chi connectivity index (χ3v) is 4.27. The lowest BCUT2D eigenvalue weighted by molar-refractivity contribution is -0.128. The Labute approximate surface area is 150 Å². The molecule has 10 heteroatoms. The van der Waals surface area contributed by atoms with Gasteiger partial charge in [0.25, 0.3) is 11.8 Å². The van der Waals surface area contributed by atoms with Crippen LogP contribution in [-0.4, -0.2) is 65.5 Å². The summed E-state index contributed by atoms with van der Waals surface area (Å²) in [5.74, 6) is 0.739. The van der Waals surface area contributed by atoms with Crippen molar-refractivity contribution in [1.29, 1.82) is 0 Å². The summed E-state index contributed by atoms with van der Waals surface area (Å²) < 4.78 is 15.9. The number of ether oxygens (including phenoxy) is 2. The van der Waals surface area contributed by atoms with E-state index < -0.39 is 0 Å². The Morgan fingerprint density at radius 1 is 1.42 bits per heavy atom. The van der Waals surface area contributed by atoms with E-state index in [9.17, 15) is 9.59 Å². The Morgan fingerprint density at radius 2 is 2.31 bits per heavy atom. The minimum absolute atomic E-state index is 0.0307. The largest absolute Gasteiger partial charge is 0.376 e. The van der Waals surface area contributed by atoms with E-state index in [1.165, 1.54) is 0 Å². The first-order valence-electron chi connectivity index (χ1n) is 8.72. The highest BCUT2D eigenvalue weighted by Gasteiger charge is 2.28. The molecule has 1 saturated heterocycles. The molecule has 26 heavy (non-hydrogen) atoms. The van der Waals surface area contributed by atoms with E-state index in [0.29, 0.717) is 56.4 Å². The molecule has 0 bridgehead atoms. The van der Waals surface area contributed by atoms with Crippen molar-refractivity contribution in [2.75, 3.05) is 26.8 Å². The molecule has 1 N–H and O–H groups in total. The maximum absolute atomic E-state index is 12.5. The van der Waals surface area contributed by atoms with Crippen molar-refractivity contribution < 1.29 is 23.6 Å². The monoisotopic (exact) mass is 365 g/mol. The first-order valence-corrected chi connectivity index (χ1v) is 8.72. The lowest BCUT2D eigenvalue weighted by Gasteiger charge is -2.33. The molecule has 0 aliphatic carbocycles. The molecular weight excluding hydrogens is 342 g/mol. The number of hydrazone groups is 1. The SMILES string of the molecule is COCc1nc(CCOC2CCCN(C(=O)C3=NNC(=O)CC3)C2)no1. The average molecular weight is 365 g/mol. The summed E-state index contributed by atoms with van der Waals surface area (Å²) in [5, 5.41) is 7.74. The maximum atomic E-state index is 12.5. The quantitative estimate of drug-likeness (QED) is 0.724. The van der Waals surface area contributed by atoms with Gasteiger partial charge < -0.3 is 18.9 Å². The van der Waals surface area contributed by atoms with Gasteiger partial charge in [-0.3, -0.25) is 9.59 Å². The molecule has 0 spiro atoms. The number of likely N-dealkylation sites (tertiary alicyclic amines) is 1. The molecule has 3 heterocycles. The topological polar surface area (TPSA) is 119 Å². The number of piperidine rings is 1. The van der Waals surface area contributed by atoms with E-state index >= 15 is 0 Å². The van der Waals surface area contributed by atoms with Gasteiger partial charge in [-0.15, -0.1) is 0 Å². The molecule has 1 atom stereocenters. The summed E-state index contributed by atoms with van der Waals surface area (Å²) in [4.78, 5) is 29.6. The van der Waals surface area contributed by atoms with E-state index in [1.807, 2.05) is 0 Å². The second-order valence-corrected chi connectivity index (χ2v) is 6.27. The molecule has 1 unspecified atom stereocenters. The van der Waals surface area contributed by atoms with Crippen LogP contribution in [0.4, 0.5) is 0 Å². The van der Waals surface area contributed by atoms with Crippen LogP contribution in [-0.2, 0) is 32.1 Å². The highest BCUT2D eigenvalue weighted by atomic mass is 16.5. The first-order chi connectivity index (χ1) is 12.7. The Balaban J connectivity index is 1.44. The summed E-state index contributed by atoms with van der Waals surface area (Å²) in [6.45, 7) is 1.94. The molecule has 2 aliphatic rings. The van der Waals surface area contributed by atoms with Crippen molar-refractivity contribution in [2.45, 2.75) is 44.8 Å². The molecular formula is C16H23N5O5. The Bertz CT molecular complexity index is 674. The third-order valence-electron chi connectivity index (χ3n) is 4.27. The molecule has 1 aromatic rings. The van der Waals surface area contributed by atoms with Gasteiger partial charge in [0.05, 0.1) is 12.7 Å². The number of hydrogen-bond donors (Lipinski definition) is 1. The predicted octanol–water partition coefficient (Wildman–Crippen LogP) is 0.0321. The minimum atomic E-state index is -0.156. The summed E-state index contributed by atoms with van der Waals surface area (Å²) in [6, 6.07) is 0. The average Bonchev–Trinajstić information content (AvgIpc) is 3.10. The van der Waals surface area contributed by atoms with Crippen LogP contribution in [0, 0.1) is 0 Å². The van der Waals surface area contributed by atoms with E-state index in [2.05, 4.69) is 20.7 Å². The van der Waals surface area contributed by atoms with Crippen LogP contribution in [0.3, 0.4) is 0 Å². The van der Waals surface area contributed by atoms with Gasteiger partial charge in [0.2, 0.25) is 5.91 Å². The fourth-order valence-corrected chi connectivity index (χ4v) is 2.96. The molecule has 1 aromatic heterocycles. The second-order valence-electron chi connectivity index (χ2n) is 6.27. The number of nitrogens with zero attached hydrogens (tertiary/aromatic N) is 4. The standard InChI is InChI=1S/C16H23N5O5/c1-24-10-15-17-13(20-26-15)6-8-25-11-3-2-7-21(9-11)16(23)12-4-5-14(22)19-18-12/h11H,2-10H2,1H3,(H,19,22). The fraction of sp³-hybridized carbons (Fsp3) is 0.688. The van der Waals surface area contributed by atoms with Crippen LogP contribution in [0.15, 0.2) is 9.62 Å². The first kappa shape index (κ1) is 18.5. The molecule has 3 rings (SSSR count). The number of methoxy groups -OCH3 is 1. The van der Waals surface area contributed by atoms with E-state index in [0.717, 1.165) is 12.8 Å². The van der Waals surface area contributed by atoms with Crippen molar-refractivity contribution >= 4 is 17.5 Å². The molecule has 0 radical (unpaired) electrons. The molecule has 0 aromatic carbocycles. The molecule has 2 aliphatic heterocycles. The fourth-order valence-electron chi connectivity index (χ4n) is 2.96. The highest BCUT2D eigenvalue weighted by molar-refractivity contribution is 6.39. The van der Waals surface area contributed by atoms with E-state index in [-0.39, 0.29) is 24.5 Å². The van der Waals surface area contributed by atoms with Crippen molar-refractivity contribution in [1.82, 2.24) is 20.5 Å². The summed E-state index contributed by atoms with van der Waals surface area (Å²) in [6.07, 6.45) is 2.96. The van der Waals surface area contributed by atoms with Crippen LogP contribution in [0.5, 0.6) is 0 Å². The Morgan fingerprint density at radius 3 is 3.08 bits per heavy atom. The number of rotatable bonds is 7. The number of aromatic nitrogens is 2. The zero-order chi connectivity index (χ0) is 18.4. The van der Waals surface area contributed by atoms with Crippen LogP contribution < -0.4 is 5.43 Å². The van der Waals surface area contributed by atoms with Gasteiger partial charge in [-0.2, -0.15) is 10.1 Å². The number of nitrogens with one attached hydrogen (secondary N) is 1. The van der Waals surface area contributed by atoms with Crippen LogP contribution >= 0.6 is 0 Å². The summed E-state index contributed by atoms with van der Waals surface area (Å²) in [5.41, 5.74) is 2.77. The van der Waals surface area contributed by atoms with Gasteiger partial charge in [0.1, 0.15) is 12.3 Å². The molecule has 2 amide bonds. The van der Waals surface area contributed by atoms with Crippen molar-refractivity contribution in [2.24, 2.45) is 5.10 Å². The zero-order valence-electron chi connectivity index (χ0n) is 14.8. The highest BCUT2D eigenvalue weighted by Crippen LogP contribution is 2.15. The third kappa shape index (κ3) is 4.85. The van der Waals surface area contributed by atoms with Crippen LogP contribution in [0.25, 0.3) is 0 Å². The van der Waals surface area contributed by atoms with E-state index in [4.69, 9.17) is 14.0 Å². The smallest absolute Gasteiger partial charge is 0.270 e. The number of amides is 2. The number of carbonyl (C=O) groups is 2. The Kier molecular flexibility index (Phi) is 6.29. The second kappa shape index (κ2) is 8.86.